The van der Waals surface area contributed by atoms with Crippen LogP contribution in [0.3, 0.4) is 0 Å². The first kappa shape index (κ1) is 22.3. The average Bonchev–Trinajstić information content (AvgIpc) is 3.19. The van der Waals surface area contributed by atoms with Gasteiger partial charge in [-0.15, -0.1) is 0 Å². The molecule has 4 heteroatoms. The van der Waals surface area contributed by atoms with Gasteiger partial charge in [-0.3, -0.25) is 0 Å². The number of rotatable bonds is 12. The second-order valence-electron chi connectivity index (χ2n) is 8.24. The van der Waals surface area contributed by atoms with E-state index in [0.29, 0.717) is 3.43 Å². The van der Waals surface area contributed by atoms with Crippen molar-refractivity contribution in [3.8, 4) is 5.82 Å². The van der Waals surface area contributed by atoms with Crippen molar-refractivity contribution in [2.45, 2.75) is 82.0 Å². The molecule has 0 atom stereocenters. The van der Waals surface area contributed by atoms with Crippen molar-refractivity contribution in [2.24, 2.45) is 0 Å². The number of pyridine rings is 2. The van der Waals surface area contributed by atoms with E-state index in [1.807, 2.05) is 12.4 Å². The molecule has 3 rings (SSSR count). The zero-order valence-electron chi connectivity index (χ0n) is 18.3. The van der Waals surface area contributed by atoms with Crippen molar-refractivity contribution in [3.05, 3.63) is 49.1 Å². The summed E-state index contributed by atoms with van der Waals surface area (Å²) in [7, 11) is 0. The van der Waals surface area contributed by atoms with Gasteiger partial charge >= 0.3 is 187 Å². The topological polar surface area (TPSA) is 30.7 Å². The first-order valence-corrected chi connectivity index (χ1v) is 14.2. The molecule has 0 spiro atoms. The maximum absolute atomic E-state index is 4.87. The number of aromatic nitrogens is 3. The number of hydrogen-bond acceptors (Lipinski definition) is 2. The first-order valence-electron chi connectivity index (χ1n) is 11.4. The van der Waals surface area contributed by atoms with Gasteiger partial charge < -0.3 is 0 Å². The van der Waals surface area contributed by atoms with E-state index in [0.717, 1.165) is 11.3 Å². The minimum atomic E-state index is -0.717. The monoisotopic (exact) mass is 497 g/mol. The third kappa shape index (κ3) is 5.84. The van der Waals surface area contributed by atoms with E-state index in [2.05, 4.69) is 67.0 Å². The Morgan fingerprint density at radius 2 is 1.55 bits per heavy atom. The van der Waals surface area contributed by atoms with Crippen molar-refractivity contribution in [2.75, 3.05) is 0 Å². The molecule has 29 heavy (non-hydrogen) atoms. The Bertz CT molecular complexity index is 847. The molecule has 0 aliphatic heterocycles. The third-order valence-electron chi connectivity index (χ3n) is 5.93. The third-order valence-corrected chi connectivity index (χ3v) is 11.2. The maximum atomic E-state index is 4.87. The molecule has 0 saturated carbocycles. The Balaban J connectivity index is 1.81. The van der Waals surface area contributed by atoms with E-state index in [1.54, 1.807) is 3.58 Å². The molecule has 0 saturated heterocycles. The molecule has 2 radical (unpaired) electrons. The predicted molar refractivity (Wildman–Crippen MR) is 126 cm³/mol. The Labute approximate surface area is 186 Å². The molecule has 154 valence electrons. The van der Waals surface area contributed by atoms with Gasteiger partial charge in [-0.05, 0) is 0 Å². The van der Waals surface area contributed by atoms with Gasteiger partial charge in [0.1, 0.15) is 0 Å². The second kappa shape index (κ2) is 11.1. The zero-order valence-corrected chi connectivity index (χ0v) is 21.2. The summed E-state index contributed by atoms with van der Waals surface area (Å²) in [6.07, 6.45) is 20.4. The standard InChI is InChI=1S/C13H27.C12H8N3.Sn/c1-4-7-10-13(11-8-5-2)12-9-6-3;1-2-6-14-12(3-1)15-8-5-10-4-7-13-9-11(10)15;/h4-12H2,1-3H3;1,3-9H;. The summed E-state index contributed by atoms with van der Waals surface area (Å²) >= 11 is -0.717. The summed E-state index contributed by atoms with van der Waals surface area (Å²) in [6, 6.07) is 8.77. The molecule has 3 aromatic rings. The van der Waals surface area contributed by atoms with E-state index in [-0.39, 0.29) is 0 Å². The molecule has 0 aliphatic carbocycles. The van der Waals surface area contributed by atoms with E-state index >= 15 is 0 Å². The van der Waals surface area contributed by atoms with Gasteiger partial charge in [0.2, 0.25) is 0 Å². The van der Waals surface area contributed by atoms with Gasteiger partial charge in [-0.1, -0.05) is 0 Å². The molecular formula is C25H35N3Sn. The van der Waals surface area contributed by atoms with Crippen LogP contribution in [0.4, 0.5) is 0 Å². The van der Waals surface area contributed by atoms with Gasteiger partial charge in [0, 0.05) is 0 Å². The Morgan fingerprint density at radius 1 is 0.862 bits per heavy atom. The number of fused-ring (bicyclic) bond motifs is 1. The van der Waals surface area contributed by atoms with Crippen LogP contribution in [-0.2, 0) is 0 Å². The van der Waals surface area contributed by atoms with Crippen molar-refractivity contribution in [3.63, 3.8) is 0 Å². The van der Waals surface area contributed by atoms with Crippen LogP contribution >= 0.6 is 0 Å². The van der Waals surface area contributed by atoms with E-state index in [9.17, 15) is 0 Å². The average molecular weight is 496 g/mol. The van der Waals surface area contributed by atoms with Gasteiger partial charge in [-0.2, -0.15) is 0 Å². The SMILES string of the molecule is CCCC[C](CCCC)(CCCC)[Sn][c]1ccc(-n2ccc3ccncc32)nc1. The van der Waals surface area contributed by atoms with Crippen LogP contribution in [0.15, 0.2) is 49.1 Å². The van der Waals surface area contributed by atoms with Gasteiger partial charge in [0.05, 0.1) is 0 Å². The van der Waals surface area contributed by atoms with E-state index in [1.165, 1.54) is 63.2 Å². The van der Waals surface area contributed by atoms with E-state index in [4.69, 9.17) is 4.98 Å². The van der Waals surface area contributed by atoms with Gasteiger partial charge in [0.15, 0.2) is 0 Å². The van der Waals surface area contributed by atoms with Crippen LogP contribution in [0, 0.1) is 0 Å². The Morgan fingerprint density at radius 3 is 2.14 bits per heavy atom. The quantitative estimate of drug-likeness (QED) is 0.269. The molecular weight excluding hydrogens is 461 g/mol. The molecule has 0 bridgehead atoms. The first-order chi connectivity index (χ1) is 14.2. The normalized spacial score (nSPS) is 12.0. The molecule has 0 aliphatic rings. The van der Waals surface area contributed by atoms with Crippen LogP contribution in [0.1, 0.15) is 78.6 Å². The summed E-state index contributed by atoms with van der Waals surface area (Å²) < 4.78 is 4.31. The molecule has 0 amide bonds. The summed E-state index contributed by atoms with van der Waals surface area (Å²) in [5.41, 5.74) is 1.12. The van der Waals surface area contributed by atoms with Crippen LogP contribution < -0.4 is 3.58 Å². The minimum absolute atomic E-state index is 0.610. The number of nitrogens with zero attached hydrogens (tertiary/aromatic N) is 3. The van der Waals surface area contributed by atoms with Crippen LogP contribution in [-0.4, -0.2) is 35.7 Å². The summed E-state index contributed by atoms with van der Waals surface area (Å²) in [4.78, 5) is 9.16. The van der Waals surface area contributed by atoms with Crippen LogP contribution in [0.25, 0.3) is 16.7 Å². The fourth-order valence-electron chi connectivity index (χ4n) is 4.19. The van der Waals surface area contributed by atoms with Gasteiger partial charge in [0.25, 0.3) is 0 Å². The molecule has 3 aromatic heterocycles. The van der Waals surface area contributed by atoms with E-state index < -0.39 is 21.1 Å². The fraction of sp³-hybridized carbons (Fsp3) is 0.520. The van der Waals surface area contributed by atoms with Gasteiger partial charge in [-0.25, -0.2) is 0 Å². The predicted octanol–water partition coefficient (Wildman–Crippen LogP) is 6.48. The molecule has 0 aromatic carbocycles. The summed E-state index contributed by atoms with van der Waals surface area (Å²) in [5, 5.41) is 1.21. The number of hydrogen-bond donors (Lipinski definition) is 0. The molecule has 3 heterocycles. The number of unbranched alkanes of at least 4 members (excludes halogenated alkanes) is 3. The molecule has 0 fully saturated rings. The second-order valence-corrected chi connectivity index (χ2v) is 13.6. The zero-order chi connectivity index (χ0) is 20.5. The Kier molecular flexibility index (Phi) is 8.58. The molecule has 3 nitrogen and oxygen atoms in total. The van der Waals surface area contributed by atoms with Crippen molar-refractivity contribution in [1.82, 2.24) is 14.5 Å². The van der Waals surface area contributed by atoms with Crippen LogP contribution in [0.2, 0.25) is 3.43 Å². The molecule has 0 N–H and O–H groups in total. The van der Waals surface area contributed by atoms with Crippen LogP contribution in [0.5, 0.6) is 0 Å². The van der Waals surface area contributed by atoms with Crippen molar-refractivity contribution >= 4 is 35.6 Å². The fourth-order valence-corrected chi connectivity index (χ4v) is 9.37. The summed E-state index contributed by atoms with van der Waals surface area (Å²) in [6.45, 7) is 7.01. The van der Waals surface area contributed by atoms with Crippen molar-refractivity contribution < 1.29 is 0 Å². The molecule has 0 unspecified atom stereocenters. The Hall–Kier alpha value is -1.36. The summed E-state index contributed by atoms with van der Waals surface area (Å²) in [5.74, 6) is 0.998. The van der Waals surface area contributed by atoms with Crippen molar-refractivity contribution in [1.29, 1.82) is 0 Å².